The predicted molar refractivity (Wildman–Crippen MR) is 115 cm³/mol. The fourth-order valence-electron chi connectivity index (χ4n) is 4.01. The highest BCUT2D eigenvalue weighted by molar-refractivity contribution is 6.22. The number of amides is 2. The Bertz CT molecular complexity index is 1070. The molecule has 6 heteroatoms. The molecule has 1 fully saturated rings. The van der Waals surface area contributed by atoms with Crippen LogP contribution in [0.5, 0.6) is 0 Å². The molecule has 1 aliphatic heterocycles. The Morgan fingerprint density at radius 3 is 2.03 bits per heavy atom. The van der Waals surface area contributed by atoms with Gasteiger partial charge in [-0.15, -0.1) is 0 Å². The number of aryl methyl sites for hydroxylation is 2. The smallest absolute Gasteiger partial charge is 0.338 e. The van der Waals surface area contributed by atoms with Gasteiger partial charge in [0.25, 0.3) is 0 Å². The van der Waals surface area contributed by atoms with Crippen molar-refractivity contribution in [3.8, 4) is 0 Å². The molecule has 31 heavy (non-hydrogen) atoms. The molecule has 0 N–H and O–H groups in total. The Balaban J connectivity index is 1.40. The molecule has 0 spiro atoms. The number of carbonyl (C=O) groups is 4. The molecule has 2 atom stereocenters. The Morgan fingerprint density at radius 1 is 0.871 bits per heavy atom. The van der Waals surface area contributed by atoms with Crippen LogP contribution in [0.2, 0.25) is 0 Å². The maximum absolute atomic E-state index is 12.7. The summed E-state index contributed by atoms with van der Waals surface area (Å²) in [7, 11) is 0. The summed E-state index contributed by atoms with van der Waals surface area (Å²) >= 11 is 0. The number of rotatable bonds is 5. The van der Waals surface area contributed by atoms with Crippen LogP contribution >= 0.6 is 0 Å². The molecule has 2 aliphatic rings. The SMILES string of the molecule is Cc1ccc(C(=O)COC(=O)c2ccc(N3C(=O)[C@H]4CC=CC[C@@H]4C3=O)cc2)cc1C. The Labute approximate surface area is 180 Å². The minimum Gasteiger partial charge on any atom is -0.454 e. The van der Waals surface area contributed by atoms with Gasteiger partial charge >= 0.3 is 5.97 Å². The molecule has 0 unspecified atom stereocenters. The summed E-state index contributed by atoms with van der Waals surface area (Å²) in [6, 6.07) is 11.5. The van der Waals surface area contributed by atoms with Gasteiger partial charge in [0.15, 0.2) is 12.4 Å². The van der Waals surface area contributed by atoms with Crippen molar-refractivity contribution in [1.82, 2.24) is 0 Å². The zero-order valence-electron chi connectivity index (χ0n) is 17.5. The van der Waals surface area contributed by atoms with Crippen molar-refractivity contribution >= 4 is 29.3 Å². The number of ether oxygens (including phenoxy) is 1. The Kier molecular flexibility index (Phi) is 5.55. The van der Waals surface area contributed by atoms with E-state index in [0.29, 0.717) is 24.1 Å². The lowest BCUT2D eigenvalue weighted by Crippen LogP contribution is -2.30. The van der Waals surface area contributed by atoms with E-state index >= 15 is 0 Å². The molecule has 1 saturated heterocycles. The number of nitrogens with zero attached hydrogens (tertiary/aromatic N) is 1. The third-order valence-corrected chi connectivity index (χ3v) is 6.03. The standard InChI is InChI=1S/C25H23NO5/c1-15-7-8-18(13-16(15)2)22(27)14-31-25(30)17-9-11-19(12-10-17)26-23(28)20-5-3-4-6-21(20)24(26)29/h3-4,7-13,20-21H,5-6,14H2,1-2H3/t20-,21-/m0/s1. The summed E-state index contributed by atoms with van der Waals surface area (Å²) < 4.78 is 5.15. The van der Waals surface area contributed by atoms with E-state index in [-0.39, 0.29) is 41.6 Å². The summed E-state index contributed by atoms with van der Waals surface area (Å²) in [5, 5.41) is 0. The van der Waals surface area contributed by atoms with Crippen molar-refractivity contribution in [2.24, 2.45) is 11.8 Å². The first-order valence-corrected chi connectivity index (χ1v) is 10.3. The van der Waals surface area contributed by atoms with Crippen molar-refractivity contribution < 1.29 is 23.9 Å². The minimum atomic E-state index is -0.638. The van der Waals surface area contributed by atoms with Crippen LogP contribution in [0.15, 0.2) is 54.6 Å². The Morgan fingerprint density at radius 2 is 1.45 bits per heavy atom. The van der Waals surface area contributed by atoms with Crippen molar-refractivity contribution in [3.63, 3.8) is 0 Å². The van der Waals surface area contributed by atoms with Gasteiger partial charge < -0.3 is 4.74 Å². The summed E-state index contributed by atoms with van der Waals surface area (Å²) in [4.78, 5) is 51.2. The van der Waals surface area contributed by atoms with E-state index in [0.717, 1.165) is 11.1 Å². The molecular weight excluding hydrogens is 394 g/mol. The Hall–Kier alpha value is -3.54. The molecule has 0 saturated carbocycles. The molecular formula is C25H23NO5. The second kappa shape index (κ2) is 8.30. The number of benzene rings is 2. The van der Waals surface area contributed by atoms with Gasteiger partial charge in [-0.05, 0) is 68.1 Å². The van der Waals surface area contributed by atoms with Crippen LogP contribution in [0.4, 0.5) is 5.69 Å². The lowest BCUT2D eigenvalue weighted by atomic mass is 9.85. The zero-order valence-corrected chi connectivity index (χ0v) is 17.5. The highest BCUT2D eigenvalue weighted by atomic mass is 16.5. The summed E-state index contributed by atoms with van der Waals surface area (Å²) in [5.74, 6) is -1.93. The zero-order chi connectivity index (χ0) is 22.1. The van der Waals surface area contributed by atoms with Gasteiger partial charge in [-0.3, -0.25) is 19.3 Å². The average molecular weight is 417 g/mol. The quantitative estimate of drug-likeness (QED) is 0.320. The number of esters is 1. The summed E-state index contributed by atoms with van der Waals surface area (Å²) in [5.41, 5.74) is 3.25. The number of hydrogen-bond donors (Lipinski definition) is 0. The second-order valence-electron chi connectivity index (χ2n) is 8.01. The van der Waals surface area contributed by atoms with E-state index in [2.05, 4.69) is 0 Å². The van der Waals surface area contributed by atoms with Crippen LogP contribution in [-0.2, 0) is 14.3 Å². The van der Waals surface area contributed by atoms with E-state index in [9.17, 15) is 19.2 Å². The monoisotopic (exact) mass is 417 g/mol. The van der Waals surface area contributed by atoms with E-state index in [1.807, 2.05) is 32.1 Å². The fourth-order valence-corrected chi connectivity index (χ4v) is 4.01. The van der Waals surface area contributed by atoms with Crippen LogP contribution < -0.4 is 4.90 Å². The lowest BCUT2D eigenvalue weighted by molar-refractivity contribution is -0.122. The van der Waals surface area contributed by atoms with Gasteiger partial charge in [-0.2, -0.15) is 0 Å². The number of ketones is 1. The molecule has 2 amide bonds. The second-order valence-corrected chi connectivity index (χ2v) is 8.01. The van der Waals surface area contributed by atoms with Gasteiger partial charge in [0.05, 0.1) is 23.1 Å². The number of hydrogen-bond acceptors (Lipinski definition) is 5. The maximum atomic E-state index is 12.7. The number of fused-ring (bicyclic) bond motifs is 1. The van der Waals surface area contributed by atoms with Gasteiger partial charge in [0.1, 0.15) is 0 Å². The van der Waals surface area contributed by atoms with E-state index in [4.69, 9.17) is 4.74 Å². The van der Waals surface area contributed by atoms with Gasteiger partial charge in [0, 0.05) is 5.56 Å². The third-order valence-electron chi connectivity index (χ3n) is 6.03. The summed E-state index contributed by atoms with van der Waals surface area (Å²) in [6.07, 6.45) is 5.03. The molecule has 1 aliphatic carbocycles. The van der Waals surface area contributed by atoms with Gasteiger partial charge in [-0.1, -0.05) is 24.3 Å². The maximum Gasteiger partial charge on any atom is 0.338 e. The van der Waals surface area contributed by atoms with Crippen molar-refractivity contribution in [3.05, 3.63) is 76.9 Å². The molecule has 0 bridgehead atoms. The molecule has 2 aromatic carbocycles. The van der Waals surface area contributed by atoms with Crippen LogP contribution in [-0.4, -0.2) is 30.2 Å². The van der Waals surface area contributed by atoms with E-state index in [1.54, 1.807) is 24.3 Å². The summed E-state index contributed by atoms with van der Waals surface area (Å²) in [6.45, 7) is 3.52. The first-order valence-electron chi connectivity index (χ1n) is 10.3. The van der Waals surface area contributed by atoms with Crippen LogP contribution in [0, 0.1) is 25.7 Å². The lowest BCUT2D eigenvalue weighted by Gasteiger charge is -2.15. The molecule has 1 heterocycles. The van der Waals surface area contributed by atoms with Crippen LogP contribution in [0.3, 0.4) is 0 Å². The van der Waals surface area contributed by atoms with Crippen LogP contribution in [0.1, 0.15) is 44.7 Å². The third kappa shape index (κ3) is 3.93. The normalized spacial score (nSPS) is 20.0. The minimum absolute atomic E-state index is 0.200. The highest BCUT2D eigenvalue weighted by Gasteiger charge is 2.47. The predicted octanol–water partition coefficient (Wildman–Crippen LogP) is 3.80. The van der Waals surface area contributed by atoms with E-state index in [1.165, 1.54) is 17.0 Å². The van der Waals surface area contributed by atoms with Gasteiger partial charge in [-0.25, -0.2) is 4.79 Å². The number of imide groups is 1. The molecule has 0 aromatic heterocycles. The largest absolute Gasteiger partial charge is 0.454 e. The molecule has 0 radical (unpaired) electrons. The number of Topliss-reactive ketones (excluding diaryl/α,β-unsaturated/α-hetero) is 1. The number of carbonyl (C=O) groups excluding carboxylic acids is 4. The molecule has 4 rings (SSSR count). The van der Waals surface area contributed by atoms with Crippen molar-refractivity contribution in [2.75, 3.05) is 11.5 Å². The van der Waals surface area contributed by atoms with Crippen molar-refractivity contribution in [2.45, 2.75) is 26.7 Å². The van der Waals surface area contributed by atoms with Crippen LogP contribution in [0.25, 0.3) is 0 Å². The van der Waals surface area contributed by atoms with Gasteiger partial charge in [0.2, 0.25) is 11.8 Å². The fraction of sp³-hybridized carbons (Fsp3) is 0.280. The molecule has 158 valence electrons. The first-order chi connectivity index (χ1) is 14.9. The average Bonchev–Trinajstić information content (AvgIpc) is 3.04. The molecule has 6 nitrogen and oxygen atoms in total. The highest BCUT2D eigenvalue weighted by Crippen LogP contribution is 2.37. The number of allylic oxidation sites excluding steroid dienone is 2. The topological polar surface area (TPSA) is 80.8 Å². The van der Waals surface area contributed by atoms with E-state index < -0.39 is 5.97 Å². The number of anilines is 1. The first kappa shape index (κ1) is 20.7. The molecule has 2 aromatic rings. The van der Waals surface area contributed by atoms with Crippen molar-refractivity contribution in [1.29, 1.82) is 0 Å².